The van der Waals surface area contributed by atoms with E-state index in [1.54, 1.807) is 7.11 Å². The Balaban J connectivity index is 2.31. The van der Waals surface area contributed by atoms with Gasteiger partial charge in [-0.2, -0.15) is 5.10 Å². The SMILES string of the molecule is CNCc1cnn(CCCOC)c1. The van der Waals surface area contributed by atoms with E-state index in [1.807, 2.05) is 17.9 Å². The second kappa shape index (κ2) is 5.72. The molecule has 1 rings (SSSR count). The van der Waals surface area contributed by atoms with E-state index in [0.717, 1.165) is 26.1 Å². The molecule has 0 aliphatic heterocycles. The summed E-state index contributed by atoms with van der Waals surface area (Å²) < 4.78 is 6.91. The molecule has 0 saturated carbocycles. The van der Waals surface area contributed by atoms with Gasteiger partial charge in [-0.25, -0.2) is 0 Å². The maximum Gasteiger partial charge on any atom is 0.0534 e. The van der Waals surface area contributed by atoms with Gasteiger partial charge in [0.1, 0.15) is 0 Å². The second-order valence-electron chi connectivity index (χ2n) is 2.99. The minimum Gasteiger partial charge on any atom is -0.385 e. The predicted octanol–water partition coefficient (Wildman–Crippen LogP) is 0.639. The molecule has 1 heterocycles. The molecule has 0 aromatic carbocycles. The standard InChI is InChI=1S/C9H17N3O/c1-10-6-9-7-11-12(8-9)4-3-5-13-2/h7-8,10H,3-6H2,1-2H3. The van der Waals surface area contributed by atoms with Crippen molar-refractivity contribution >= 4 is 0 Å². The van der Waals surface area contributed by atoms with E-state index in [0.29, 0.717) is 0 Å². The molecular formula is C9H17N3O. The fraction of sp³-hybridized carbons (Fsp3) is 0.667. The lowest BCUT2D eigenvalue weighted by atomic mass is 10.4. The summed E-state index contributed by atoms with van der Waals surface area (Å²) in [7, 11) is 3.65. The van der Waals surface area contributed by atoms with E-state index < -0.39 is 0 Å². The molecule has 0 amide bonds. The molecule has 0 unspecified atom stereocenters. The zero-order chi connectivity index (χ0) is 9.52. The quantitative estimate of drug-likeness (QED) is 0.658. The topological polar surface area (TPSA) is 39.1 Å². The maximum atomic E-state index is 4.96. The molecule has 1 aromatic rings. The lowest BCUT2D eigenvalue weighted by Gasteiger charge is -1.99. The second-order valence-corrected chi connectivity index (χ2v) is 2.99. The van der Waals surface area contributed by atoms with E-state index >= 15 is 0 Å². The van der Waals surface area contributed by atoms with Crippen LogP contribution in [-0.4, -0.2) is 30.5 Å². The highest BCUT2D eigenvalue weighted by molar-refractivity contribution is 5.02. The Hall–Kier alpha value is -0.870. The molecule has 0 fully saturated rings. The highest BCUT2D eigenvalue weighted by Gasteiger charge is 1.96. The molecule has 0 spiro atoms. The molecule has 1 N–H and O–H groups in total. The Morgan fingerprint density at radius 2 is 2.46 bits per heavy atom. The van der Waals surface area contributed by atoms with Crippen molar-refractivity contribution in [3.05, 3.63) is 18.0 Å². The molecule has 0 aliphatic carbocycles. The summed E-state index contributed by atoms with van der Waals surface area (Å²) in [6, 6.07) is 0. The molecule has 4 heteroatoms. The smallest absolute Gasteiger partial charge is 0.0534 e. The molecule has 0 bridgehead atoms. The largest absolute Gasteiger partial charge is 0.385 e. The first kappa shape index (κ1) is 10.2. The van der Waals surface area contributed by atoms with Gasteiger partial charge in [-0.1, -0.05) is 0 Å². The Morgan fingerprint density at radius 3 is 3.15 bits per heavy atom. The molecule has 4 nitrogen and oxygen atoms in total. The van der Waals surface area contributed by atoms with Crippen LogP contribution in [0.3, 0.4) is 0 Å². The first-order valence-electron chi connectivity index (χ1n) is 4.51. The van der Waals surface area contributed by atoms with Gasteiger partial charge in [0.15, 0.2) is 0 Å². The number of hydrogen-bond acceptors (Lipinski definition) is 3. The van der Waals surface area contributed by atoms with Gasteiger partial charge in [-0.15, -0.1) is 0 Å². The summed E-state index contributed by atoms with van der Waals surface area (Å²) in [6.07, 6.45) is 4.96. The monoisotopic (exact) mass is 183 g/mol. The van der Waals surface area contributed by atoms with Crippen molar-refractivity contribution in [3.63, 3.8) is 0 Å². The van der Waals surface area contributed by atoms with Crippen molar-refractivity contribution in [2.24, 2.45) is 0 Å². The zero-order valence-electron chi connectivity index (χ0n) is 8.29. The molecule has 13 heavy (non-hydrogen) atoms. The molecule has 0 atom stereocenters. The first-order valence-corrected chi connectivity index (χ1v) is 4.51. The van der Waals surface area contributed by atoms with Gasteiger partial charge < -0.3 is 10.1 Å². The van der Waals surface area contributed by atoms with Gasteiger partial charge in [0.25, 0.3) is 0 Å². The molecule has 74 valence electrons. The van der Waals surface area contributed by atoms with Crippen molar-refractivity contribution in [1.82, 2.24) is 15.1 Å². The fourth-order valence-electron chi connectivity index (χ4n) is 1.19. The minimum absolute atomic E-state index is 0.793. The number of methoxy groups -OCH3 is 1. The van der Waals surface area contributed by atoms with Crippen molar-refractivity contribution in [3.8, 4) is 0 Å². The molecule has 0 aliphatic rings. The van der Waals surface area contributed by atoms with Crippen LogP contribution in [0.4, 0.5) is 0 Å². The van der Waals surface area contributed by atoms with E-state index in [2.05, 4.69) is 16.6 Å². The molecule has 0 radical (unpaired) electrons. The molecular weight excluding hydrogens is 166 g/mol. The van der Waals surface area contributed by atoms with E-state index in [-0.39, 0.29) is 0 Å². The third-order valence-corrected chi connectivity index (χ3v) is 1.80. The lowest BCUT2D eigenvalue weighted by Crippen LogP contribution is -2.04. The van der Waals surface area contributed by atoms with E-state index in [1.165, 1.54) is 5.56 Å². The Kier molecular flexibility index (Phi) is 4.49. The van der Waals surface area contributed by atoms with Crippen molar-refractivity contribution in [2.75, 3.05) is 20.8 Å². The number of aromatic nitrogens is 2. The zero-order valence-corrected chi connectivity index (χ0v) is 8.29. The summed E-state index contributed by atoms with van der Waals surface area (Å²) in [6.45, 7) is 2.60. The Morgan fingerprint density at radius 1 is 1.62 bits per heavy atom. The Bertz CT molecular complexity index is 235. The first-order chi connectivity index (χ1) is 6.36. The van der Waals surface area contributed by atoms with Crippen LogP contribution in [0.15, 0.2) is 12.4 Å². The number of rotatable bonds is 6. The van der Waals surface area contributed by atoms with E-state index in [9.17, 15) is 0 Å². The van der Waals surface area contributed by atoms with Gasteiger partial charge in [0, 0.05) is 38.6 Å². The number of ether oxygens (including phenoxy) is 1. The highest BCUT2D eigenvalue weighted by Crippen LogP contribution is 1.97. The minimum atomic E-state index is 0.793. The maximum absolute atomic E-state index is 4.96. The van der Waals surface area contributed by atoms with Crippen molar-refractivity contribution in [2.45, 2.75) is 19.5 Å². The van der Waals surface area contributed by atoms with Gasteiger partial charge in [-0.05, 0) is 13.5 Å². The lowest BCUT2D eigenvalue weighted by molar-refractivity contribution is 0.189. The normalized spacial score (nSPS) is 10.6. The average molecular weight is 183 g/mol. The third-order valence-electron chi connectivity index (χ3n) is 1.80. The number of nitrogens with zero attached hydrogens (tertiary/aromatic N) is 2. The van der Waals surface area contributed by atoms with Gasteiger partial charge in [-0.3, -0.25) is 4.68 Å². The summed E-state index contributed by atoms with van der Waals surface area (Å²) in [4.78, 5) is 0. The van der Waals surface area contributed by atoms with Crippen LogP contribution in [-0.2, 0) is 17.8 Å². The summed E-state index contributed by atoms with van der Waals surface area (Å²) in [5.41, 5.74) is 1.22. The van der Waals surface area contributed by atoms with E-state index in [4.69, 9.17) is 4.74 Å². The summed E-state index contributed by atoms with van der Waals surface area (Å²) in [5, 5.41) is 7.31. The summed E-state index contributed by atoms with van der Waals surface area (Å²) in [5.74, 6) is 0. The highest BCUT2D eigenvalue weighted by atomic mass is 16.5. The van der Waals surface area contributed by atoms with Gasteiger partial charge in [0.2, 0.25) is 0 Å². The number of hydrogen-bond donors (Lipinski definition) is 1. The molecule has 0 saturated heterocycles. The van der Waals surface area contributed by atoms with Crippen LogP contribution >= 0.6 is 0 Å². The number of nitrogens with one attached hydrogen (secondary N) is 1. The van der Waals surface area contributed by atoms with Crippen LogP contribution in [0.5, 0.6) is 0 Å². The fourth-order valence-corrected chi connectivity index (χ4v) is 1.19. The van der Waals surface area contributed by atoms with Crippen LogP contribution in [0.25, 0.3) is 0 Å². The average Bonchev–Trinajstić information content (AvgIpc) is 2.54. The third kappa shape index (κ3) is 3.57. The van der Waals surface area contributed by atoms with Crippen LogP contribution in [0.1, 0.15) is 12.0 Å². The van der Waals surface area contributed by atoms with Crippen molar-refractivity contribution < 1.29 is 4.74 Å². The van der Waals surface area contributed by atoms with Crippen LogP contribution in [0.2, 0.25) is 0 Å². The van der Waals surface area contributed by atoms with Crippen LogP contribution in [0, 0.1) is 0 Å². The van der Waals surface area contributed by atoms with Gasteiger partial charge in [0.05, 0.1) is 6.20 Å². The molecule has 1 aromatic heterocycles. The van der Waals surface area contributed by atoms with Crippen molar-refractivity contribution in [1.29, 1.82) is 0 Å². The predicted molar refractivity (Wildman–Crippen MR) is 51.5 cm³/mol. The van der Waals surface area contributed by atoms with Gasteiger partial charge >= 0.3 is 0 Å². The number of aryl methyl sites for hydroxylation is 1. The van der Waals surface area contributed by atoms with Crippen LogP contribution < -0.4 is 5.32 Å². The Labute approximate surface area is 78.9 Å². The summed E-state index contributed by atoms with van der Waals surface area (Å²) >= 11 is 0.